The van der Waals surface area contributed by atoms with E-state index in [0.29, 0.717) is 36.4 Å². The normalized spacial score (nSPS) is 11.8. The third-order valence-corrected chi connectivity index (χ3v) is 7.06. The summed E-state index contributed by atoms with van der Waals surface area (Å²) in [6.07, 6.45) is 3.69. The van der Waals surface area contributed by atoms with Crippen molar-refractivity contribution in [3.05, 3.63) is 154 Å². The van der Waals surface area contributed by atoms with Crippen molar-refractivity contribution in [2.24, 2.45) is 5.73 Å². The number of benzene rings is 4. The van der Waals surface area contributed by atoms with Crippen LogP contribution in [0.25, 0.3) is 11.4 Å². The second kappa shape index (κ2) is 12.3. The molecule has 1 unspecified atom stereocenters. The fraction of sp³-hybridized carbons (Fsp3) is 0.121. The summed E-state index contributed by atoms with van der Waals surface area (Å²) in [6.45, 7) is 1.00. The summed E-state index contributed by atoms with van der Waals surface area (Å²) < 4.78 is 3.05. The van der Waals surface area contributed by atoms with Crippen LogP contribution in [0, 0.1) is 5.41 Å². The lowest BCUT2D eigenvalue weighted by atomic mass is 10.0. The zero-order chi connectivity index (χ0) is 28.8. The molecule has 0 bridgehead atoms. The van der Waals surface area contributed by atoms with E-state index in [-0.39, 0.29) is 11.5 Å². The highest BCUT2D eigenvalue weighted by molar-refractivity contribution is 5.95. The van der Waals surface area contributed by atoms with Crippen LogP contribution >= 0.6 is 0 Å². The Bertz CT molecular complexity index is 1630. The lowest BCUT2D eigenvalue weighted by Gasteiger charge is -2.29. The Balaban J connectivity index is 1.37. The van der Waals surface area contributed by atoms with Crippen molar-refractivity contribution in [2.75, 3.05) is 0 Å². The molecule has 41 heavy (non-hydrogen) atoms. The average Bonchev–Trinajstić information content (AvgIpc) is 3.38. The van der Waals surface area contributed by atoms with Crippen LogP contribution in [0.4, 0.5) is 0 Å². The number of imidazole rings is 1. The second-order valence-corrected chi connectivity index (χ2v) is 9.88. The van der Waals surface area contributed by atoms with E-state index in [1.165, 1.54) is 9.13 Å². The zero-order valence-corrected chi connectivity index (χ0v) is 22.4. The monoisotopic (exact) mass is 545 g/mol. The SMILES string of the molecule is N=C(N)c1ccc(-n2ccn(-c3ccc(CC(C(=O)O)N(Cc4ccccc4)Cc4ccccc4)cc3)c2=O)cc1. The van der Waals surface area contributed by atoms with Crippen molar-refractivity contribution in [1.29, 1.82) is 5.41 Å². The van der Waals surface area contributed by atoms with Crippen molar-refractivity contribution in [3.8, 4) is 11.4 Å². The first-order valence-corrected chi connectivity index (χ1v) is 13.3. The van der Waals surface area contributed by atoms with E-state index in [1.807, 2.05) is 89.8 Å². The summed E-state index contributed by atoms with van der Waals surface area (Å²) in [5, 5.41) is 17.8. The summed E-state index contributed by atoms with van der Waals surface area (Å²) in [7, 11) is 0. The number of nitrogen functional groups attached to an aromatic ring is 1. The van der Waals surface area contributed by atoms with Crippen molar-refractivity contribution in [1.82, 2.24) is 14.0 Å². The van der Waals surface area contributed by atoms with E-state index >= 15 is 0 Å². The number of hydrogen-bond donors (Lipinski definition) is 3. The van der Waals surface area contributed by atoms with Gasteiger partial charge in [0.05, 0.1) is 11.4 Å². The molecule has 4 aromatic carbocycles. The summed E-state index contributed by atoms with van der Waals surface area (Å²) in [5.74, 6) is -0.917. The quantitative estimate of drug-likeness (QED) is 0.166. The molecule has 0 spiro atoms. The van der Waals surface area contributed by atoms with E-state index in [4.69, 9.17) is 11.1 Å². The van der Waals surface area contributed by atoms with Crippen LogP contribution < -0.4 is 11.4 Å². The molecule has 1 heterocycles. The average molecular weight is 546 g/mol. The lowest BCUT2D eigenvalue weighted by Crippen LogP contribution is -2.42. The van der Waals surface area contributed by atoms with Gasteiger partial charge in [0.25, 0.3) is 0 Å². The molecule has 0 aliphatic rings. The fourth-order valence-electron chi connectivity index (χ4n) is 4.87. The Morgan fingerprint density at radius 1 is 0.732 bits per heavy atom. The lowest BCUT2D eigenvalue weighted by molar-refractivity contribution is -0.143. The van der Waals surface area contributed by atoms with Gasteiger partial charge in [-0.15, -0.1) is 0 Å². The van der Waals surface area contributed by atoms with Gasteiger partial charge >= 0.3 is 11.7 Å². The molecule has 0 aliphatic heterocycles. The molecular weight excluding hydrogens is 514 g/mol. The largest absolute Gasteiger partial charge is 0.480 e. The zero-order valence-electron chi connectivity index (χ0n) is 22.4. The third kappa shape index (κ3) is 6.51. The molecule has 0 saturated heterocycles. The standard InChI is InChI=1S/C33H31N5O3/c34-31(35)27-13-17-29(18-14-27)38-20-19-37(33(38)41)28-15-11-24(12-16-28)21-30(32(39)40)36(22-25-7-3-1-4-8-25)23-26-9-5-2-6-10-26/h1-20,30H,21-23H2,(H3,34,35)(H,39,40). The van der Waals surface area contributed by atoms with Gasteiger partial charge in [0, 0.05) is 31.0 Å². The van der Waals surface area contributed by atoms with Crippen LogP contribution in [-0.4, -0.2) is 37.0 Å². The second-order valence-electron chi connectivity index (χ2n) is 9.88. The smallest absolute Gasteiger partial charge is 0.337 e. The molecule has 1 aromatic heterocycles. The molecule has 0 radical (unpaired) electrons. The molecule has 0 saturated carbocycles. The van der Waals surface area contributed by atoms with Crippen LogP contribution in [0.1, 0.15) is 22.3 Å². The number of carboxylic acid groups (broad SMARTS) is 1. The Morgan fingerprint density at radius 3 is 1.63 bits per heavy atom. The summed E-state index contributed by atoms with van der Waals surface area (Å²) in [6, 6.07) is 33.3. The number of nitrogens with zero attached hydrogens (tertiary/aromatic N) is 3. The third-order valence-electron chi connectivity index (χ3n) is 7.06. The maximum absolute atomic E-state index is 13.2. The molecule has 8 heteroatoms. The molecule has 5 aromatic rings. The van der Waals surface area contributed by atoms with Crippen LogP contribution in [0.15, 0.2) is 126 Å². The Morgan fingerprint density at radius 2 is 1.20 bits per heavy atom. The Labute approximate surface area is 238 Å². The number of rotatable bonds is 11. The van der Waals surface area contributed by atoms with E-state index in [1.54, 1.807) is 36.7 Å². The highest BCUT2D eigenvalue weighted by atomic mass is 16.4. The van der Waals surface area contributed by atoms with Gasteiger partial charge in [-0.25, -0.2) is 4.79 Å². The fourth-order valence-corrected chi connectivity index (χ4v) is 4.87. The van der Waals surface area contributed by atoms with E-state index in [0.717, 1.165) is 16.7 Å². The number of aromatic nitrogens is 2. The summed E-state index contributed by atoms with van der Waals surface area (Å²) in [4.78, 5) is 27.7. The highest BCUT2D eigenvalue weighted by Gasteiger charge is 2.26. The number of carboxylic acids is 1. The first-order chi connectivity index (χ1) is 19.9. The van der Waals surface area contributed by atoms with Gasteiger partial charge in [0.15, 0.2) is 0 Å². The minimum atomic E-state index is -0.884. The van der Waals surface area contributed by atoms with Crippen LogP contribution in [0.5, 0.6) is 0 Å². The van der Waals surface area contributed by atoms with Gasteiger partial charge < -0.3 is 10.8 Å². The molecule has 5 rings (SSSR count). The molecule has 0 amide bonds. The number of hydrogen-bond acceptors (Lipinski definition) is 4. The number of aliphatic carboxylic acids is 1. The number of nitrogens with one attached hydrogen (secondary N) is 1. The molecule has 0 aliphatic carbocycles. The van der Waals surface area contributed by atoms with Crippen LogP contribution in [0.2, 0.25) is 0 Å². The van der Waals surface area contributed by atoms with Crippen molar-refractivity contribution in [2.45, 2.75) is 25.6 Å². The van der Waals surface area contributed by atoms with Gasteiger partial charge in [0.1, 0.15) is 11.9 Å². The minimum Gasteiger partial charge on any atom is -0.480 e. The van der Waals surface area contributed by atoms with E-state index < -0.39 is 12.0 Å². The maximum Gasteiger partial charge on any atom is 0.337 e. The number of carbonyl (C=O) groups is 1. The molecule has 1 atom stereocenters. The first kappa shape index (κ1) is 27.4. The van der Waals surface area contributed by atoms with Gasteiger partial charge in [-0.2, -0.15) is 0 Å². The molecule has 206 valence electrons. The Hall–Kier alpha value is -5.21. The molecule has 8 nitrogen and oxygen atoms in total. The highest BCUT2D eigenvalue weighted by Crippen LogP contribution is 2.19. The number of amidine groups is 1. The van der Waals surface area contributed by atoms with Gasteiger partial charge in [-0.3, -0.25) is 24.2 Å². The van der Waals surface area contributed by atoms with E-state index in [2.05, 4.69) is 0 Å². The first-order valence-electron chi connectivity index (χ1n) is 13.3. The van der Waals surface area contributed by atoms with Crippen LogP contribution in [-0.2, 0) is 24.3 Å². The van der Waals surface area contributed by atoms with Gasteiger partial charge in [0.2, 0.25) is 0 Å². The minimum absolute atomic E-state index is 0.0325. The summed E-state index contributed by atoms with van der Waals surface area (Å²) >= 11 is 0. The molecule has 0 fully saturated rings. The molecular formula is C33H31N5O3. The van der Waals surface area contributed by atoms with Crippen molar-refractivity contribution >= 4 is 11.8 Å². The van der Waals surface area contributed by atoms with Gasteiger partial charge in [-0.1, -0.05) is 72.8 Å². The number of nitrogens with two attached hydrogens (primary N) is 1. The Kier molecular flexibility index (Phi) is 8.22. The van der Waals surface area contributed by atoms with Crippen LogP contribution in [0.3, 0.4) is 0 Å². The van der Waals surface area contributed by atoms with Crippen molar-refractivity contribution in [3.63, 3.8) is 0 Å². The predicted octanol–water partition coefficient (Wildman–Crippen LogP) is 4.61. The summed E-state index contributed by atoms with van der Waals surface area (Å²) in [5.41, 5.74) is 10.2. The topological polar surface area (TPSA) is 117 Å². The van der Waals surface area contributed by atoms with E-state index in [9.17, 15) is 14.7 Å². The van der Waals surface area contributed by atoms with Crippen molar-refractivity contribution < 1.29 is 9.90 Å². The van der Waals surface area contributed by atoms with Gasteiger partial charge in [-0.05, 0) is 59.5 Å². The maximum atomic E-state index is 13.2. The predicted molar refractivity (Wildman–Crippen MR) is 160 cm³/mol. The molecule has 4 N–H and O–H groups in total.